The van der Waals surface area contributed by atoms with Crippen molar-refractivity contribution < 1.29 is 4.42 Å². The standard InChI is InChI=1S/C68H46OSi/c1-6-20-47(21-7-1)50-39-43-60-62(45-50)66(49-36-40-57(41-37-49)70(54-26-10-3-11-27-54,55-28-12-4-13-29-55)56-30-14-5-15-31-56)59-42-38-51(48-22-8-2-9-23-48)46-63(59)67(60)53-25-18-24-52(44-53)58-33-19-35-65-68(58)61-32-16-17-34-64(61)69-65/h1-46H. The summed E-state index contributed by atoms with van der Waals surface area (Å²) in [5.41, 5.74) is 13.7. The summed E-state index contributed by atoms with van der Waals surface area (Å²) in [4.78, 5) is 0. The van der Waals surface area contributed by atoms with Gasteiger partial charge in [0.05, 0.1) is 0 Å². The molecule has 0 spiro atoms. The van der Waals surface area contributed by atoms with Crippen LogP contribution in [0.5, 0.6) is 0 Å². The van der Waals surface area contributed by atoms with E-state index in [4.69, 9.17) is 4.42 Å². The lowest BCUT2D eigenvalue weighted by Gasteiger charge is -2.34. The van der Waals surface area contributed by atoms with E-state index < -0.39 is 8.07 Å². The molecule has 13 rings (SSSR count). The predicted octanol–water partition coefficient (Wildman–Crippen LogP) is 15.6. The monoisotopic (exact) mass is 906 g/mol. The Labute approximate surface area is 409 Å². The number of furan rings is 1. The van der Waals surface area contributed by atoms with Gasteiger partial charge in [-0.3, -0.25) is 0 Å². The Morgan fingerprint density at radius 2 is 0.643 bits per heavy atom. The van der Waals surface area contributed by atoms with Gasteiger partial charge in [0.15, 0.2) is 8.07 Å². The van der Waals surface area contributed by atoms with Gasteiger partial charge >= 0.3 is 0 Å². The molecule has 0 atom stereocenters. The van der Waals surface area contributed by atoms with Crippen molar-refractivity contribution in [1.29, 1.82) is 0 Å². The highest BCUT2D eigenvalue weighted by Gasteiger charge is 2.41. The molecule has 70 heavy (non-hydrogen) atoms. The van der Waals surface area contributed by atoms with Crippen molar-refractivity contribution in [3.05, 3.63) is 279 Å². The largest absolute Gasteiger partial charge is 0.456 e. The van der Waals surface area contributed by atoms with E-state index in [9.17, 15) is 0 Å². The highest BCUT2D eigenvalue weighted by Crippen LogP contribution is 2.47. The average molecular weight is 907 g/mol. The molecular formula is C68H46OSi. The number of fused-ring (bicyclic) bond motifs is 5. The fraction of sp³-hybridized carbons (Fsp3) is 0. The van der Waals surface area contributed by atoms with Crippen molar-refractivity contribution >= 4 is 72.3 Å². The van der Waals surface area contributed by atoms with Crippen molar-refractivity contribution in [2.75, 3.05) is 0 Å². The van der Waals surface area contributed by atoms with Gasteiger partial charge < -0.3 is 4.42 Å². The van der Waals surface area contributed by atoms with Crippen LogP contribution >= 0.6 is 0 Å². The number of hydrogen-bond acceptors (Lipinski definition) is 1. The average Bonchev–Trinajstić information content (AvgIpc) is 3.83. The molecule has 1 aromatic heterocycles. The third-order valence-corrected chi connectivity index (χ3v) is 19.2. The summed E-state index contributed by atoms with van der Waals surface area (Å²) in [6.45, 7) is 0. The van der Waals surface area contributed by atoms with Crippen LogP contribution in [0.3, 0.4) is 0 Å². The maximum absolute atomic E-state index is 6.40. The summed E-state index contributed by atoms with van der Waals surface area (Å²) in [6, 6.07) is 103. The first-order chi connectivity index (χ1) is 34.7. The van der Waals surface area contributed by atoms with Crippen LogP contribution < -0.4 is 20.7 Å². The van der Waals surface area contributed by atoms with E-state index in [0.717, 1.165) is 33.1 Å². The molecule has 1 heterocycles. The minimum atomic E-state index is -2.75. The molecule has 12 aromatic carbocycles. The number of rotatable bonds is 9. The highest BCUT2D eigenvalue weighted by atomic mass is 28.3. The van der Waals surface area contributed by atoms with E-state index in [2.05, 4.69) is 273 Å². The van der Waals surface area contributed by atoms with Gasteiger partial charge in [0.2, 0.25) is 0 Å². The van der Waals surface area contributed by atoms with E-state index in [1.165, 1.54) is 86.8 Å². The Balaban J connectivity index is 1.09. The van der Waals surface area contributed by atoms with Gasteiger partial charge in [0.25, 0.3) is 0 Å². The van der Waals surface area contributed by atoms with E-state index in [1.807, 2.05) is 6.07 Å². The van der Waals surface area contributed by atoms with Crippen molar-refractivity contribution in [2.24, 2.45) is 0 Å². The molecule has 0 aliphatic rings. The van der Waals surface area contributed by atoms with Gasteiger partial charge in [0.1, 0.15) is 11.2 Å². The first-order valence-electron chi connectivity index (χ1n) is 24.2. The van der Waals surface area contributed by atoms with Crippen LogP contribution in [0, 0.1) is 0 Å². The molecular weight excluding hydrogens is 861 g/mol. The molecule has 0 aliphatic heterocycles. The van der Waals surface area contributed by atoms with Gasteiger partial charge in [-0.15, -0.1) is 0 Å². The lowest BCUT2D eigenvalue weighted by Crippen LogP contribution is -2.74. The molecule has 0 unspecified atom stereocenters. The van der Waals surface area contributed by atoms with Gasteiger partial charge in [-0.05, 0) is 128 Å². The van der Waals surface area contributed by atoms with Crippen LogP contribution in [0.4, 0.5) is 0 Å². The van der Waals surface area contributed by atoms with Crippen LogP contribution in [0.2, 0.25) is 0 Å². The number of benzene rings is 12. The Morgan fingerprint density at radius 3 is 1.20 bits per heavy atom. The Bertz CT molecular complexity index is 3920. The molecule has 0 aliphatic carbocycles. The lowest BCUT2D eigenvalue weighted by atomic mass is 9.83. The maximum Gasteiger partial charge on any atom is 0.179 e. The van der Waals surface area contributed by atoms with Gasteiger partial charge in [-0.2, -0.15) is 0 Å². The molecule has 0 N–H and O–H groups in total. The normalized spacial score (nSPS) is 11.7. The molecule has 0 saturated carbocycles. The molecule has 328 valence electrons. The molecule has 0 saturated heterocycles. The van der Waals surface area contributed by atoms with Crippen molar-refractivity contribution in [3.8, 4) is 55.6 Å². The number of para-hydroxylation sites is 1. The second-order valence-corrected chi connectivity index (χ2v) is 22.1. The van der Waals surface area contributed by atoms with Crippen molar-refractivity contribution in [1.82, 2.24) is 0 Å². The molecule has 0 amide bonds. The van der Waals surface area contributed by atoms with E-state index in [-0.39, 0.29) is 0 Å². The molecule has 13 aromatic rings. The Hall–Kier alpha value is -8.82. The quantitative estimate of drug-likeness (QED) is 0.0799. The first-order valence-corrected chi connectivity index (χ1v) is 26.2. The van der Waals surface area contributed by atoms with E-state index in [0.29, 0.717) is 0 Å². The van der Waals surface area contributed by atoms with Gasteiger partial charge in [0, 0.05) is 10.8 Å². The SMILES string of the molecule is c1ccc(-c2ccc3c(-c4cccc(-c5cccc6oc7ccccc7c56)c4)c4cc(-c5ccccc5)ccc4c(-c4ccc([Si](c5ccccc5)(c5ccccc5)c5ccccc5)cc4)c3c2)cc1. The summed E-state index contributed by atoms with van der Waals surface area (Å²) in [7, 11) is -2.75. The smallest absolute Gasteiger partial charge is 0.179 e. The maximum atomic E-state index is 6.40. The highest BCUT2D eigenvalue weighted by molar-refractivity contribution is 7.19. The third kappa shape index (κ3) is 6.92. The van der Waals surface area contributed by atoms with Crippen LogP contribution in [-0.4, -0.2) is 8.07 Å². The van der Waals surface area contributed by atoms with Crippen LogP contribution in [0.15, 0.2) is 283 Å². The lowest BCUT2D eigenvalue weighted by molar-refractivity contribution is 0.669. The molecule has 1 nitrogen and oxygen atoms in total. The van der Waals surface area contributed by atoms with E-state index >= 15 is 0 Å². The van der Waals surface area contributed by atoms with Crippen LogP contribution in [0.25, 0.3) is 99.1 Å². The zero-order chi connectivity index (χ0) is 46.4. The van der Waals surface area contributed by atoms with Crippen LogP contribution in [0.1, 0.15) is 0 Å². The predicted molar refractivity (Wildman–Crippen MR) is 300 cm³/mol. The van der Waals surface area contributed by atoms with Crippen molar-refractivity contribution in [2.45, 2.75) is 0 Å². The van der Waals surface area contributed by atoms with E-state index in [1.54, 1.807) is 0 Å². The summed E-state index contributed by atoms with van der Waals surface area (Å²) in [5, 5.41) is 12.6. The minimum Gasteiger partial charge on any atom is -0.456 e. The molecule has 0 bridgehead atoms. The Morgan fingerprint density at radius 1 is 0.229 bits per heavy atom. The summed E-state index contributed by atoms with van der Waals surface area (Å²) >= 11 is 0. The third-order valence-electron chi connectivity index (χ3n) is 14.4. The zero-order valence-electron chi connectivity index (χ0n) is 38.5. The van der Waals surface area contributed by atoms with Gasteiger partial charge in [-0.1, -0.05) is 249 Å². The molecule has 0 radical (unpaired) electrons. The zero-order valence-corrected chi connectivity index (χ0v) is 39.5. The van der Waals surface area contributed by atoms with Crippen LogP contribution in [-0.2, 0) is 0 Å². The summed E-state index contributed by atoms with van der Waals surface area (Å²) in [5.74, 6) is 0. The fourth-order valence-electron chi connectivity index (χ4n) is 11.3. The summed E-state index contributed by atoms with van der Waals surface area (Å²) < 4.78 is 6.40. The topological polar surface area (TPSA) is 13.1 Å². The van der Waals surface area contributed by atoms with Crippen molar-refractivity contribution in [3.63, 3.8) is 0 Å². The Kier molecular flexibility index (Phi) is 10.3. The first kappa shape index (κ1) is 41.4. The second-order valence-electron chi connectivity index (χ2n) is 18.3. The second kappa shape index (κ2) is 17.4. The minimum absolute atomic E-state index is 0.896. The fourth-order valence-corrected chi connectivity index (χ4v) is 16.0. The number of hydrogen-bond donors (Lipinski definition) is 0. The molecule has 2 heteroatoms. The summed E-state index contributed by atoms with van der Waals surface area (Å²) in [6.07, 6.45) is 0. The molecule has 0 fully saturated rings. The van der Waals surface area contributed by atoms with Gasteiger partial charge in [-0.25, -0.2) is 0 Å².